The minimum Gasteiger partial charge on any atom is -0.394 e. The van der Waals surface area contributed by atoms with Crippen molar-refractivity contribution in [2.24, 2.45) is 5.92 Å². The topological polar surface area (TPSA) is 45.5 Å². The predicted octanol–water partition coefficient (Wildman–Crippen LogP) is 2.57. The summed E-state index contributed by atoms with van der Waals surface area (Å²) in [4.78, 5) is 14.4. The smallest absolute Gasteiger partial charge is 0.270 e. The lowest BCUT2D eigenvalue weighted by atomic mass is 10.0. The Balaban J connectivity index is 2.29. The molecule has 1 amide bonds. The van der Waals surface area contributed by atoms with Crippen molar-refractivity contribution in [1.29, 1.82) is 0 Å². The van der Waals surface area contributed by atoms with Gasteiger partial charge in [0.05, 0.1) is 17.7 Å². The molecule has 1 aromatic heterocycles. The van der Waals surface area contributed by atoms with Gasteiger partial charge in [-0.25, -0.2) is 0 Å². The number of hydrogen-bond donors (Lipinski definition) is 1. The fourth-order valence-corrected chi connectivity index (χ4v) is 2.94. The van der Waals surface area contributed by atoms with E-state index in [9.17, 15) is 9.90 Å². The second kappa shape index (κ2) is 5.55. The average Bonchev–Trinajstić information content (AvgIpc) is 2.91. The molecule has 2 atom stereocenters. The fraction of sp³-hybridized carbons (Fsp3) is 0.643. The van der Waals surface area contributed by atoms with Gasteiger partial charge in [0.25, 0.3) is 5.91 Å². The molecule has 19 heavy (non-hydrogen) atoms. The molecule has 106 valence electrons. The molecule has 1 N–H and O–H groups in total. The summed E-state index contributed by atoms with van der Waals surface area (Å²) >= 11 is 6.02. The quantitative estimate of drug-likeness (QED) is 0.927. The maximum atomic E-state index is 12.6. The third-order valence-electron chi connectivity index (χ3n) is 3.92. The monoisotopic (exact) mass is 284 g/mol. The summed E-state index contributed by atoms with van der Waals surface area (Å²) in [6.07, 6.45) is 2.72. The van der Waals surface area contributed by atoms with Gasteiger partial charge >= 0.3 is 0 Å². The molecule has 0 radical (unpaired) electrons. The third-order valence-corrected chi connectivity index (χ3v) is 4.13. The van der Waals surface area contributed by atoms with E-state index in [1.807, 2.05) is 18.4 Å². The van der Waals surface area contributed by atoms with E-state index in [2.05, 4.69) is 6.92 Å². The Hall–Kier alpha value is -1.00. The van der Waals surface area contributed by atoms with Crippen LogP contribution in [0.3, 0.4) is 0 Å². The van der Waals surface area contributed by atoms with Crippen LogP contribution >= 0.6 is 11.6 Å². The van der Waals surface area contributed by atoms with E-state index in [0.717, 1.165) is 6.42 Å². The van der Waals surface area contributed by atoms with Gasteiger partial charge < -0.3 is 14.6 Å². The van der Waals surface area contributed by atoms with Gasteiger partial charge in [0.1, 0.15) is 5.69 Å². The highest BCUT2D eigenvalue weighted by Crippen LogP contribution is 2.27. The highest BCUT2D eigenvalue weighted by Gasteiger charge is 2.35. The van der Waals surface area contributed by atoms with Crippen LogP contribution in [0.2, 0.25) is 5.02 Å². The van der Waals surface area contributed by atoms with E-state index in [-0.39, 0.29) is 24.6 Å². The Morgan fingerprint density at radius 2 is 2.26 bits per heavy atom. The minimum atomic E-state index is -0.0817. The molecule has 2 unspecified atom stereocenters. The Bertz CT molecular complexity index is 470. The molecule has 5 heteroatoms. The van der Waals surface area contributed by atoms with Crippen LogP contribution in [-0.2, 0) is 0 Å². The molecular formula is C14H21ClN2O2. The van der Waals surface area contributed by atoms with Crippen molar-refractivity contribution in [1.82, 2.24) is 9.47 Å². The highest BCUT2D eigenvalue weighted by atomic mass is 35.5. The van der Waals surface area contributed by atoms with Gasteiger partial charge in [0.15, 0.2) is 0 Å². The molecule has 1 fully saturated rings. The SMILES string of the molecule is CC1CCN(C(=O)c2cc(Cl)cn2C(C)C)C1CO. The molecule has 0 aliphatic carbocycles. The van der Waals surface area contributed by atoms with Gasteiger partial charge in [-0.15, -0.1) is 0 Å². The minimum absolute atomic E-state index is 0.0169. The number of likely N-dealkylation sites (tertiary alicyclic amines) is 1. The van der Waals surface area contributed by atoms with Crippen LogP contribution in [0.1, 0.15) is 43.7 Å². The van der Waals surface area contributed by atoms with Gasteiger partial charge in [-0.1, -0.05) is 18.5 Å². The molecule has 0 spiro atoms. The number of carbonyl (C=O) groups is 1. The van der Waals surface area contributed by atoms with Crippen molar-refractivity contribution in [3.05, 3.63) is 23.0 Å². The first-order chi connectivity index (χ1) is 8.95. The second-order valence-corrected chi connectivity index (χ2v) is 6.00. The largest absolute Gasteiger partial charge is 0.394 e. The maximum absolute atomic E-state index is 12.6. The summed E-state index contributed by atoms with van der Waals surface area (Å²) in [6, 6.07) is 1.81. The van der Waals surface area contributed by atoms with Crippen LogP contribution < -0.4 is 0 Å². The van der Waals surface area contributed by atoms with E-state index in [0.29, 0.717) is 23.2 Å². The van der Waals surface area contributed by atoms with Crippen molar-refractivity contribution in [2.75, 3.05) is 13.2 Å². The normalized spacial score (nSPS) is 23.4. The Morgan fingerprint density at radius 3 is 2.84 bits per heavy atom. The molecule has 0 bridgehead atoms. The van der Waals surface area contributed by atoms with Crippen molar-refractivity contribution < 1.29 is 9.90 Å². The van der Waals surface area contributed by atoms with Gasteiger partial charge in [0, 0.05) is 18.8 Å². The van der Waals surface area contributed by atoms with E-state index in [4.69, 9.17) is 11.6 Å². The summed E-state index contributed by atoms with van der Waals surface area (Å²) < 4.78 is 1.89. The molecular weight excluding hydrogens is 264 g/mol. The molecule has 0 saturated carbocycles. The van der Waals surface area contributed by atoms with Gasteiger partial charge in [0.2, 0.25) is 0 Å². The number of amides is 1. The molecule has 2 rings (SSSR count). The van der Waals surface area contributed by atoms with Crippen LogP contribution in [0.15, 0.2) is 12.3 Å². The molecule has 0 aromatic carbocycles. The zero-order chi connectivity index (χ0) is 14.2. The van der Waals surface area contributed by atoms with Crippen molar-refractivity contribution in [3.63, 3.8) is 0 Å². The van der Waals surface area contributed by atoms with Crippen molar-refractivity contribution in [2.45, 2.75) is 39.3 Å². The van der Waals surface area contributed by atoms with Crippen LogP contribution in [0.4, 0.5) is 0 Å². The number of carbonyl (C=O) groups excluding carboxylic acids is 1. The van der Waals surface area contributed by atoms with Gasteiger partial charge in [-0.3, -0.25) is 4.79 Å². The summed E-state index contributed by atoms with van der Waals surface area (Å²) in [5, 5.41) is 10.0. The highest BCUT2D eigenvalue weighted by molar-refractivity contribution is 6.31. The number of aliphatic hydroxyl groups excluding tert-OH is 1. The first-order valence-electron chi connectivity index (χ1n) is 6.75. The number of rotatable bonds is 3. The van der Waals surface area contributed by atoms with Crippen molar-refractivity contribution in [3.8, 4) is 0 Å². The summed E-state index contributed by atoms with van der Waals surface area (Å²) in [6.45, 7) is 6.82. The van der Waals surface area contributed by atoms with E-state index < -0.39 is 0 Å². The number of halogens is 1. The fourth-order valence-electron chi connectivity index (χ4n) is 2.73. The van der Waals surface area contributed by atoms with Crippen LogP contribution in [0.5, 0.6) is 0 Å². The Morgan fingerprint density at radius 1 is 1.58 bits per heavy atom. The summed E-state index contributed by atoms with van der Waals surface area (Å²) in [5.74, 6) is 0.302. The lowest BCUT2D eigenvalue weighted by molar-refractivity contribution is 0.0636. The Labute approximate surface area is 119 Å². The molecule has 1 aliphatic heterocycles. The first-order valence-corrected chi connectivity index (χ1v) is 7.12. The summed E-state index contributed by atoms with van der Waals surface area (Å²) in [7, 11) is 0. The molecule has 1 aromatic rings. The van der Waals surface area contributed by atoms with Crippen LogP contribution in [0.25, 0.3) is 0 Å². The lowest BCUT2D eigenvalue weighted by Crippen LogP contribution is -2.40. The lowest BCUT2D eigenvalue weighted by Gasteiger charge is -2.26. The standard InChI is InChI=1S/C14H21ClN2O2/c1-9(2)17-7-11(15)6-12(17)14(19)16-5-4-10(3)13(16)8-18/h6-7,9-10,13,18H,4-5,8H2,1-3H3. The molecule has 4 nitrogen and oxygen atoms in total. The number of aliphatic hydroxyl groups is 1. The maximum Gasteiger partial charge on any atom is 0.270 e. The number of aromatic nitrogens is 1. The zero-order valence-electron chi connectivity index (χ0n) is 11.6. The van der Waals surface area contributed by atoms with Gasteiger partial charge in [-0.2, -0.15) is 0 Å². The average molecular weight is 285 g/mol. The molecule has 2 heterocycles. The predicted molar refractivity (Wildman–Crippen MR) is 75.5 cm³/mol. The molecule has 1 aliphatic rings. The van der Waals surface area contributed by atoms with Crippen molar-refractivity contribution >= 4 is 17.5 Å². The first kappa shape index (κ1) is 14.4. The second-order valence-electron chi connectivity index (χ2n) is 5.56. The summed E-state index contributed by atoms with van der Waals surface area (Å²) in [5.41, 5.74) is 0.604. The van der Waals surface area contributed by atoms with Crippen LogP contribution in [-0.4, -0.2) is 39.7 Å². The van der Waals surface area contributed by atoms with E-state index >= 15 is 0 Å². The van der Waals surface area contributed by atoms with Crippen LogP contribution in [0, 0.1) is 5.92 Å². The van der Waals surface area contributed by atoms with E-state index in [1.54, 1.807) is 17.2 Å². The molecule has 1 saturated heterocycles. The number of hydrogen-bond acceptors (Lipinski definition) is 2. The zero-order valence-corrected chi connectivity index (χ0v) is 12.4. The third kappa shape index (κ3) is 2.65. The Kier molecular flexibility index (Phi) is 4.21. The van der Waals surface area contributed by atoms with E-state index in [1.165, 1.54) is 0 Å². The van der Waals surface area contributed by atoms with Gasteiger partial charge in [-0.05, 0) is 32.3 Å². The number of nitrogens with zero attached hydrogens (tertiary/aromatic N) is 2.